The van der Waals surface area contributed by atoms with Crippen molar-refractivity contribution in [2.24, 2.45) is 0 Å². The van der Waals surface area contributed by atoms with Crippen LogP contribution < -0.4 is 5.32 Å². The second kappa shape index (κ2) is 8.75. The molecule has 1 aromatic carbocycles. The third kappa shape index (κ3) is 5.87. The first-order chi connectivity index (χ1) is 12.7. The number of amides is 2. The maximum Gasteiger partial charge on any atom is 0.410 e. The smallest absolute Gasteiger partial charge is 0.410 e. The minimum Gasteiger partial charge on any atom is -0.465 e. The minimum atomic E-state index is -0.541. The molecule has 0 bridgehead atoms. The van der Waals surface area contributed by atoms with Crippen LogP contribution in [0, 0.1) is 0 Å². The highest BCUT2D eigenvalue weighted by Crippen LogP contribution is 2.16. The number of rotatable bonds is 4. The van der Waals surface area contributed by atoms with Gasteiger partial charge in [0.2, 0.25) is 5.91 Å². The molecule has 0 radical (unpaired) electrons. The zero-order chi connectivity index (χ0) is 20.0. The molecule has 0 unspecified atom stereocenters. The molecule has 1 aromatic rings. The first-order valence-corrected chi connectivity index (χ1v) is 8.88. The van der Waals surface area contributed by atoms with Gasteiger partial charge in [-0.1, -0.05) is 12.1 Å². The topological polar surface area (TPSA) is 88.2 Å². The highest BCUT2D eigenvalue weighted by Gasteiger charge is 2.27. The molecule has 1 heterocycles. The van der Waals surface area contributed by atoms with E-state index in [1.807, 2.05) is 20.8 Å². The van der Waals surface area contributed by atoms with Crippen LogP contribution in [0.15, 0.2) is 24.3 Å². The average molecular weight is 377 g/mol. The van der Waals surface area contributed by atoms with Crippen LogP contribution in [-0.4, -0.2) is 73.2 Å². The van der Waals surface area contributed by atoms with Gasteiger partial charge in [-0.2, -0.15) is 0 Å². The first kappa shape index (κ1) is 20.5. The second-order valence-electron chi connectivity index (χ2n) is 7.24. The summed E-state index contributed by atoms with van der Waals surface area (Å²) >= 11 is 0. The minimum absolute atomic E-state index is 0.0560. The third-order valence-electron chi connectivity index (χ3n) is 4.05. The number of benzene rings is 1. The van der Waals surface area contributed by atoms with Crippen LogP contribution in [0.4, 0.5) is 10.5 Å². The predicted octanol–water partition coefficient (Wildman–Crippen LogP) is 1.96. The molecule has 0 aliphatic carbocycles. The van der Waals surface area contributed by atoms with E-state index in [2.05, 4.69) is 5.32 Å². The third-order valence-corrected chi connectivity index (χ3v) is 4.05. The van der Waals surface area contributed by atoms with Gasteiger partial charge in [0.05, 0.1) is 19.2 Å². The number of carbonyl (C=O) groups is 3. The molecule has 0 atom stereocenters. The van der Waals surface area contributed by atoms with E-state index < -0.39 is 11.6 Å². The molecule has 2 amide bonds. The zero-order valence-corrected chi connectivity index (χ0v) is 16.3. The number of hydrogen-bond donors (Lipinski definition) is 1. The van der Waals surface area contributed by atoms with E-state index in [-0.39, 0.29) is 18.5 Å². The summed E-state index contributed by atoms with van der Waals surface area (Å²) in [6, 6.07) is 6.87. The Balaban J connectivity index is 1.85. The summed E-state index contributed by atoms with van der Waals surface area (Å²) in [7, 11) is 1.31. The molecule has 1 saturated heterocycles. The molecular weight excluding hydrogens is 350 g/mol. The lowest BCUT2D eigenvalue weighted by atomic mass is 10.2. The van der Waals surface area contributed by atoms with E-state index in [1.165, 1.54) is 7.11 Å². The predicted molar refractivity (Wildman–Crippen MR) is 101 cm³/mol. The molecule has 148 valence electrons. The fraction of sp³-hybridized carbons (Fsp3) is 0.526. The van der Waals surface area contributed by atoms with Crippen molar-refractivity contribution in [2.75, 3.05) is 45.2 Å². The zero-order valence-electron chi connectivity index (χ0n) is 16.3. The lowest BCUT2D eigenvalue weighted by molar-refractivity contribution is -0.131. The van der Waals surface area contributed by atoms with Gasteiger partial charge in [-0.3, -0.25) is 4.79 Å². The van der Waals surface area contributed by atoms with Gasteiger partial charge in [0.15, 0.2) is 0 Å². The van der Waals surface area contributed by atoms with Crippen molar-refractivity contribution in [1.82, 2.24) is 9.80 Å². The first-order valence-electron chi connectivity index (χ1n) is 8.88. The number of esters is 1. The maximum atomic E-state index is 12.4. The van der Waals surface area contributed by atoms with Crippen LogP contribution in [-0.2, 0) is 14.3 Å². The van der Waals surface area contributed by atoms with Crippen LogP contribution in [0.3, 0.4) is 0 Å². The molecule has 1 aliphatic rings. The number of piperazine rings is 1. The monoisotopic (exact) mass is 377 g/mol. The Morgan fingerprint density at radius 1 is 1.04 bits per heavy atom. The van der Waals surface area contributed by atoms with Gasteiger partial charge in [0, 0.05) is 31.9 Å². The number of anilines is 1. The quantitative estimate of drug-likeness (QED) is 0.807. The number of carbonyl (C=O) groups excluding carboxylic acids is 3. The summed E-state index contributed by atoms with van der Waals surface area (Å²) in [6.45, 7) is 7.27. The van der Waals surface area contributed by atoms with E-state index in [0.717, 1.165) is 0 Å². The van der Waals surface area contributed by atoms with Gasteiger partial charge in [-0.05, 0) is 32.9 Å². The molecule has 1 N–H and O–H groups in total. The number of methoxy groups -OCH3 is 1. The van der Waals surface area contributed by atoms with Gasteiger partial charge in [-0.25, -0.2) is 9.59 Å². The van der Waals surface area contributed by atoms with E-state index in [1.54, 1.807) is 34.1 Å². The average Bonchev–Trinajstić information content (AvgIpc) is 2.64. The number of hydrogen-bond acceptors (Lipinski definition) is 6. The second-order valence-corrected chi connectivity index (χ2v) is 7.24. The normalized spacial score (nSPS) is 14.5. The lowest BCUT2D eigenvalue weighted by Crippen LogP contribution is -2.52. The molecule has 1 fully saturated rings. The van der Waals surface area contributed by atoms with Crippen molar-refractivity contribution < 1.29 is 23.9 Å². The van der Waals surface area contributed by atoms with Crippen molar-refractivity contribution in [1.29, 1.82) is 0 Å². The molecule has 2 rings (SSSR count). The molecule has 27 heavy (non-hydrogen) atoms. The number of ether oxygens (including phenoxy) is 2. The highest BCUT2D eigenvalue weighted by molar-refractivity contribution is 5.96. The molecule has 8 heteroatoms. The van der Waals surface area contributed by atoms with Gasteiger partial charge in [-0.15, -0.1) is 0 Å². The van der Waals surface area contributed by atoms with Crippen molar-refractivity contribution in [3.8, 4) is 0 Å². The fourth-order valence-corrected chi connectivity index (χ4v) is 2.67. The SMILES string of the molecule is COC(=O)c1ccccc1NCC(=O)N1CCN(C(=O)OC(C)(C)C)CC1. The Morgan fingerprint density at radius 3 is 2.22 bits per heavy atom. The summed E-state index contributed by atoms with van der Waals surface area (Å²) < 4.78 is 10.1. The molecule has 0 aromatic heterocycles. The van der Waals surface area contributed by atoms with Crippen molar-refractivity contribution in [3.63, 3.8) is 0 Å². The fourth-order valence-electron chi connectivity index (χ4n) is 2.67. The Morgan fingerprint density at radius 2 is 1.63 bits per heavy atom. The summed E-state index contributed by atoms with van der Waals surface area (Å²) in [6.07, 6.45) is -0.361. The summed E-state index contributed by atoms with van der Waals surface area (Å²) in [5.74, 6) is -0.560. The van der Waals surface area contributed by atoms with Gasteiger partial charge >= 0.3 is 12.1 Å². The van der Waals surface area contributed by atoms with Crippen molar-refractivity contribution in [3.05, 3.63) is 29.8 Å². The standard InChI is InChI=1S/C19H27N3O5/c1-19(2,3)27-18(25)22-11-9-21(10-12-22)16(23)13-20-15-8-6-5-7-14(15)17(24)26-4/h5-8,20H,9-13H2,1-4H3. The Kier molecular flexibility index (Phi) is 6.65. The number of nitrogens with one attached hydrogen (secondary N) is 1. The highest BCUT2D eigenvalue weighted by atomic mass is 16.6. The largest absolute Gasteiger partial charge is 0.465 e. The summed E-state index contributed by atoms with van der Waals surface area (Å²) in [5, 5.41) is 2.99. The van der Waals surface area contributed by atoms with Crippen LogP contribution in [0.25, 0.3) is 0 Å². The van der Waals surface area contributed by atoms with E-state index >= 15 is 0 Å². The molecular formula is C19H27N3O5. The molecule has 1 aliphatic heterocycles. The van der Waals surface area contributed by atoms with E-state index in [4.69, 9.17) is 9.47 Å². The maximum absolute atomic E-state index is 12.4. The van der Waals surface area contributed by atoms with Crippen molar-refractivity contribution >= 4 is 23.7 Å². The van der Waals surface area contributed by atoms with Crippen LogP contribution in [0.5, 0.6) is 0 Å². The van der Waals surface area contributed by atoms with Gasteiger partial charge < -0.3 is 24.6 Å². The van der Waals surface area contributed by atoms with Crippen LogP contribution in [0.1, 0.15) is 31.1 Å². The lowest BCUT2D eigenvalue weighted by Gasteiger charge is -2.35. The Labute approximate surface area is 159 Å². The Bertz CT molecular complexity index is 691. The number of nitrogens with zero attached hydrogens (tertiary/aromatic N) is 2. The number of para-hydroxylation sites is 1. The van der Waals surface area contributed by atoms with Gasteiger partial charge in [0.25, 0.3) is 0 Å². The van der Waals surface area contributed by atoms with Gasteiger partial charge in [0.1, 0.15) is 5.60 Å². The van der Waals surface area contributed by atoms with E-state index in [9.17, 15) is 14.4 Å². The molecule has 8 nitrogen and oxygen atoms in total. The molecule has 0 saturated carbocycles. The van der Waals surface area contributed by atoms with E-state index in [0.29, 0.717) is 37.4 Å². The summed E-state index contributed by atoms with van der Waals surface area (Å²) in [5.41, 5.74) is 0.383. The van der Waals surface area contributed by atoms with Crippen LogP contribution >= 0.6 is 0 Å². The van der Waals surface area contributed by atoms with Crippen LogP contribution in [0.2, 0.25) is 0 Å². The molecule has 0 spiro atoms. The van der Waals surface area contributed by atoms with Crippen molar-refractivity contribution in [2.45, 2.75) is 26.4 Å². The Hall–Kier alpha value is -2.77. The summed E-state index contributed by atoms with van der Waals surface area (Å²) in [4.78, 5) is 39.6.